The van der Waals surface area contributed by atoms with Gasteiger partial charge in [0.25, 0.3) is 0 Å². The van der Waals surface area contributed by atoms with Crippen molar-refractivity contribution in [2.24, 2.45) is 28.6 Å². The Morgan fingerprint density at radius 3 is 2.32 bits per heavy atom. The topological polar surface area (TPSA) is 88.1 Å². The summed E-state index contributed by atoms with van der Waals surface area (Å²) in [5.74, 6) is -0.938. The Morgan fingerprint density at radius 1 is 1.03 bits per heavy atom. The van der Waals surface area contributed by atoms with E-state index < -0.39 is 30.4 Å². The molecular weight excluding hydrogens is 400 g/mol. The van der Waals surface area contributed by atoms with Crippen LogP contribution in [0.2, 0.25) is 0 Å². The normalized spacial score (nSPS) is 39.7. The molecule has 0 aromatic carbocycles. The molecule has 0 aromatic heterocycles. The Balaban J connectivity index is 1.81. The van der Waals surface area contributed by atoms with Gasteiger partial charge in [-0.15, -0.1) is 0 Å². The van der Waals surface area contributed by atoms with Crippen LogP contribution < -0.4 is 0 Å². The van der Waals surface area contributed by atoms with Gasteiger partial charge in [0, 0.05) is 42.2 Å². The summed E-state index contributed by atoms with van der Waals surface area (Å²) in [7, 11) is 0. The molecule has 1 spiro atoms. The van der Waals surface area contributed by atoms with Crippen molar-refractivity contribution in [3.05, 3.63) is 23.5 Å². The Morgan fingerprint density at radius 2 is 1.71 bits per heavy atom. The van der Waals surface area contributed by atoms with E-state index in [2.05, 4.69) is 13.8 Å². The van der Waals surface area contributed by atoms with E-state index in [0.717, 1.165) is 24.8 Å². The first kappa shape index (κ1) is 21.9. The lowest BCUT2D eigenvalue weighted by Crippen LogP contribution is -2.54. The van der Waals surface area contributed by atoms with E-state index in [1.54, 1.807) is 26.2 Å². The zero-order chi connectivity index (χ0) is 22.7. The molecule has 0 amide bonds. The summed E-state index contributed by atoms with van der Waals surface area (Å²) in [6.45, 7) is 10.7. The SMILES string of the molecule is CC=C(C)C(=O)OC1C(OC(C)=O)C2=COC(OC(C)=O)C3CCC4C(C)(C)C1CC234. The minimum Gasteiger partial charge on any atom is -0.462 e. The van der Waals surface area contributed by atoms with Gasteiger partial charge in [-0.05, 0) is 44.4 Å². The molecule has 1 aliphatic heterocycles. The van der Waals surface area contributed by atoms with Crippen LogP contribution in [-0.2, 0) is 33.3 Å². The number of carbonyl (C=O) groups excluding carboxylic acids is 3. The third-order valence-electron chi connectivity index (χ3n) is 8.23. The molecule has 31 heavy (non-hydrogen) atoms. The average Bonchev–Trinajstić information content (AvgIpc) is 3.16. The molecule has 4 aliphatic rings. The Kier molecular flexibility index (Phi) is 5.22. The van der Waals surface area contributed by atoms with E-state index in [4.69, 9.17) is 18.9 Å². The van der Waals surface area contributed by atoms with Gasteiger partial charge in [-0.25, -0.2) is 4.79 Å². The summed E-state index contributed by atoms with van der Waals surface area (Å²) in [5.41, 5.74) is 0.914. The van der Waals surface area contributed by atoms with Crippen molar-refractivity contribution < 1.29 is 33.3 Å². The van der Waals surface area contributed by atoms with Crippen molar-refractivity contribution in [2.75, 3.05) is 0 Å². The third-order valence-corrected chi connectivity index (χ3v) is 8.23. The number of rotatable bonds is 4. The number of esters is 3. The zero-order valence-corrected chi connectivity index (χ0v) is 19.1. The quantitative estimate of drug-likeness (QED) is 0.380. The standard InChI is InChI=1S/C24H32O7/c1-7-12(2)21(27)31-19-16-10-24-15(8-9-18(24)23(16,5)6)22(30-14(4)26)28-11-17(24)20(19)29-13(3)25/h7,11,15-16,18-20,22H,8-10H2,1-6H3. The van der Waals surface area contributed by atoms with Crippen LogP contribution in [0.3, 0.4) is 0 Å². The van der Waals surface area contributed by atoms with Crippen LogP contribution in [0.25, 0.3) is 0 Å². The zero-order valence-electron chi connectivity index (χ0n) is 19.1. The molecule has 0 radical (unpaired) electrons. The molecule has 4 rings (SSSR count). The van der Waals surface area contributed by atoms with Crippen LogP contribution in [0.1, 0.15) is 60.8 Å². The van der Waals surface area contributed by atoms with Crippen LogP contribution in [-0.4, -0.2) is 36.4 Å². The lowest BCUT2D eigenvalue weighted by Gasteiger charge is -2.50. The molecule has 0 saturated heterocycles. The molecule has 3 aliphatic carbocycles. The van der Waals surface area contributed by atoms with Crippen molar-refractivity contribution in [1.29, 1.82) is 0 Å². The highest BCUT2D eigenvalue weighted by molar-refractivity contribution is 5.87. The van der Waals surface area contributed by atoms with Gasteiger partial charge in [0.15, 0.2) is 6.10 Å². The highest BCUT2D eigenvalue weighted by atomic mass is 16.7. The molecule has 0 aromatic rings. The predicted molar refractivity (Wildman–Crippen MR) is 110 cm³/mol. The molecule has 7 nitrogen and oxygen atoms in total. The minimum atomic E-state index is -0.715. The summed E-state index contributed by atoms with van der Waals surface area (Å²) in [5, 5.41) is 0. The molecule has 2 bridgehead atoms. The summed E-state index contributed by atoms with van der Waals surface area (Å²) in [4.78, 5) is 36.5. The molecule has 3 saturated carbocycles. The van der Waals surface area contributed by atoms with E-state index in [-0.39, 0.29) is 34.6 Å². The van der Waals surface area contributed by atoms with Crippen LogP contribution in [0.4, 0.5) is 0 Å². The number of hydrogen-bond donors (Lipinski definition) is 0. The first-order valence-electron chi connectivity index (χ1n) is 11.1. The van der Waals surface area contributed by atoms with Gasteiger partial charge in [-0.1, -0.05) is 19.9 Å². The van der Waals surface area contributed by atoms with Crippen LogP contribution in [0.5, 0.6) is 0 Å². The fourth-order valence-corrected chi connectivity index (χ4v) is 6.91. The fraction of sp³-hybridized carbons (Fsp3) is 0.708. The minimum absolute atomic E-state index is 0.00600. The van der Waals surface area contributed by atoms with E-state index in [1.165, 1.54) is 13.8 Å². The highest BCUT2D eigenvalue weighted by Gasteiger charge is 2.74. The summed E-state index contributed by atoms with van der Waals surface area (Å²) >= 11 is 0. The maximum absolute atomic E-state index is 12.7. The van der Waals surface area contributed by atoms with Crippen molar-refractivity contribution in [3.8, 4) is 0 Å². The van der Waals surface area contributed by atoms with Gasteiger partial charge >= 0.3 is 17.9 Å². The molecule has 7 unspecified atom stereocenters. The largest absolute Gasteiger partial charge is 0.462 e. The number of carbonyl (C=O) groups is 3. The van der Waals surface area contributed by atoms with Crippen LogP contribution in [0, 0.1) is 28.6 Å². The van der Waals surface area contributed by atoms with Crippen LogP contribution in [0.15, 0.2) is 23.5 Å². The second-order valence-corrected chi connectivity index (χ2v) is 9.97. The van der Waals surface area contributed by atoms with E-state index >= 15 is 0 Å². The van der Waals surface area contributed by atoms with Gasteiger partial charge in [0.05, 0.1) is 6.26 Å². The smallest absolute Gasteiger partial charge is 0.333 e. The summed E-state index contributed by atoms with van der Waals surface area (Å²) in [6, 6.07) is 0. The monoisotopic (exact) mass is 432 g/mol. The molecule has 3 fully saturated rings. The molecule has 1 heterocycles. The molecule has 0 N–H and O–H groups in total. The first-order chi connectivity index (χ1) is 14.5. The number of ether oxygens (including phenoxy) is 4. The molecule has 170 valence electrons. The molecule has 7 heteroatoms. The van der Waals surface area contributed by atoms with Crippen LogP contribution >= 0.6 is 0 Å². The van der Waals surface area contributed by atoms with Crippen molar-refractivity contribution in [1.82, 2.24) is 0 Å². The second kappa shape index (κ2) is 7.38. The third kappa shape index (κ3) is 3.11. The van der Waals surface area contributed by atoms with Gasteiger partial charge in [0.1, 0.15) is 6.10 Å². The van der Waals surface area contributed by atoms with E-state index in [9.17, 15) is 14.4 Å². The van der Waals surface area contributed by atoms with Gasteiger partial charge < -0.3 is 18.9 Å². The maximum Gasteiger partial charge on any atom is 0.333 e. The summed E-state index contributed by atoms with van der Waals surface area (Å²) < 4.78 is 23.2. The number of allylic oxidation sites excluding steroid dienone is 1. The lowest BCUT2D eigenvalue weighted by molar-refractivity contribution is -0.199. The van der Waals surface area contributed by atoms with Gasteiger partial charge in [0.2, 0.25) is 6.29 Å². The Hall–Kier alpha value is -2.31. The molecule has 7 atom stereocenters. The number of fused-ring (bicyclic) bond motifs is 1. The van der Waals surface area contributed by atoms with E-state index in [0.29, 0.717) is 5.57 Å². The highest BCUT2D eigenvalue weighted by Crippen LogP contribution is 2.75. The van der Waals surface area contributed by atoms with Gasteiger partial charge in [-0.3, -0.25) is 9.59 Å². The maximum atomic E-state index is 12.7. The average molecular weight is 433 g/mol. The predicted octanol–water partition coefficient (Wildman–Crippen LogP) is 3.67. The Bertz CT molecular complexity index is 869. The second-order valence-electron chi connectivity index (χ2n) is 9.97. The molecular formula is C24H32O7. The van der Waals surface area contributed by atoms with E-state index in [1.807, 2.05) is 0 Å². The number of hydrogen-bond acceptors (Lipinski definition) is 7. The fourth-order valence-electron chi connectivity index (χ4n) is 6.91. The van der Waals surface area contributed by atoms with Crippen molar-refractivity contribution in [2.45, 2.75) is 79.3 Å². The van der Waals surface area contributed by atoms with Gasteiger partial charge in [-0.2, -0.15) is 0 Å². The van der Waals surface area contributed by atoms with Crippen molar-refractivity contribution >= 4 is 17.9 Å². The lowest BCUT2D eigenvalue weighted by atomic mass is 9.61. The first-order valence-corrected chi connectivity index (χ1v) is 11.1. The summed E-state index contributed by atoms with van der Waals surface area (Å²) in [6.07, 6.45) is 3.96. The van der Waals surface area contributed by atoms with Crippen molar-refractivity contribution in [3.63, 3.8) is 0 Å². The Labute approximate surface area is 183 Å².